The van der Waals surface area contributed by atoms with Crippen LogP contribution in [0.25, 0.3) is 0 Å². The summed E-state index contributed by atoms with van der Waals surface area (Å²) < 4.78 is 27.3. The topological polar surface area (TPSA) is 85.8 Å². The van der Waals surface area contributed by atoms with E-state index in [-0.39, 0.29) is 11.8 Å². The van der Waals surface area contributed by atoms with Gasteiger partial charge in [0.15, 0.2) is 5.96 Å². The van der Waals surface area contributed by atoms with Crippen molar-refractivity contribution in [2.24, 2.45) is 4.99 Å². The molecule has 170 valence electrons. The van der Waals surface area contributed by atoms with Gasteiger partial charge in [0.05, 0.1) is 5.75 Å². The third-order valence-electron chi connectivity index (χ3n) is 5.46. The van der Waals surface area contributed by atoms with Crippen LogP contribution in [0.2, 0.25) is 0 Å². The molecular weight excluding hydrogens is 398 g/mol. The van der Waals surface area contributed by atoms with Crippen molar-refractivity contribution in [3.8, 4) is 0 Å². The maximum atomic E-state index is 12.3. The Morgan fingerprint density at radius 2 is 1.93 bits per heavy atom. The summed E-state index contributed by atoms with van der Waals surface area (Å²) in [5, 5.41) is 6.71. The Bertz CT molecular complexity index is 779. The largest absolute Gasteiger partial charge is 0.355 e. The van der Waals surface area contributed by atoms with Crippen molar-refractivity contribution in [1.29, 1.82) is 0 Å². The van der Waals surface area contributed by atoms with Gasteiger partial charge in [0.25, 0.3) is 0 Å². The quantitative estimate of drug-likeness (QED) is 0.387. The lowest BCUT2D eigenvalue weighted by Crippen LogP contribution is -2.45. The minimum atomic E-state index is -3.36. The maximum absolute atomic E-state index is 12.3. The highest BCUT2D eigenvalue weighted by molar-refractivity contribution is 7.88. The lowest BCUT2D eigenvalue weighted by atomic mass is 10.0. The summed E-state index contributed by atoms with van der Waals surface area (Å²) >= 11 is 0. The highest BCUT2D eigenvalue weighted by atomic mass is 32.2. The Hall–Kier alpha value is -1.64. The number of rotatable bonds is 10. The van der Waals surface area contributed by atoms with E-state index in [1.165, 1.54) is 32.2 Å². The van der Waals surface area contributed by atoms with Crippen LogP contribution < -0.4 is 15.4 Å². The fourth-order valence-electron chi connectivity index (χ4n) is 4.01. The maximum Gasteiger partial charge on any atom is 0.216 e. The van der Waals surface area contributed by atoms with E-state index in [4.69, 9.17) is 0 Å². The summed E-state index contributed by atoms with van der Waals surface area (Å²) in [7, 11) is -1.61. The molecule has 1 aromatic rings. The van der Waals surface area contributed by atoms with Gasteiger partial charge < -0.3 is 10.6 Å². The van der Waals surface area contributed by atoms with Crippen LogP contribution in [0.4, 0.5) is 0 Å². The van der Waals surface area contributed by atoms with Crippen molar-refractivity contribution in [3.63, 3.8) is 0 Å². The molecule has 0 aliphatic carbocycles. The van der Waals surface area contributed by atoms with Crippen LogP contribution in [0.3, 0.4) is 0 Å². The van der Waals surface area contributed by atoms with Gasteiger partial charge in [-0.15, -0.1) is 0 Å². The van der Waals surface area contributed by atoms with Crippen LogP contribution in [-0.4, -0.2) is 58.0 Å². The normalized spacial score (nSPS) is 18.6. The van der Waals surface area contributed by atoms with E-state index in [0.29, 0.717) is 12.6 Å². The van der Waals surface area contributed by atoms with Crippen LogP contribution in [0.5, 0.6) is 0 Å². The first kappa shape index (κ1) is 24.6. The van der Waals surface area contributed by atoms with Crippen LogP contribution in [0.15, 0.2) is 29.3 Å². The molecule has 8 heteroatoms. The molecule has 1 atom stereocenters. The number of guanidine groups is 1. The van der Waals surface area contributed by atoms with Crippen LogP contribution in [-0.2, 0) is 22.3 Å². The third kappa shape index (κ3) is 8.24. The van der Waals surface area contributed by atoms with Crippen molar-refractivity contribution >= 4 is 16.0 Å². The zero-order chi connectivity index (χ0) is 22.0. The first-order valence-corrected chi connectivity index (χ1v) is 12.7. The van der Waals surface area contributed by atoms with Gasteiger partial charge in [-0.1, -0.05) is 37.6 Å². The Labute approximate surface area is 182 Å². The summed E-state index contributed by atoms with van der Waals surface area (Å²) in [5.41, 5.74) is 1.75. The predicted octanol–water partition coefficient (Wildman–Crippen LogP) is 2.44. The SMILES string of the molecule is CCC1CCCCN1CCNC(=NC)NCc1ccccc1CS(=O)(=O)NC(C)C. The van der Waals surface area contributed by atoms with Crippen molar-refractivity contribution in [2.75, 3.05) is 26.7 Å². The summed E-state index contributed by atoms with van der Waals surface area (Å²) in [6.45, 7) is 9.47. The van der Waals surface area contributed by atoms with Crippen LogP contribution in [0, 0.1) is 0 Å². The first-order valence-electron chi connectivity index (χ1n) is 11.1. The minimum absolute atomic E-state index is 0.0254. The smallest absolute Gasteiger partial charge is 0.216 e. The zero-order valence-corrected chi connectivity index (χ0v) is 19.8. The van der Waals surface area contributed by atoms with Gasteiger partial charge >= 0.3 is 0 Å². The molecule has 0 saturated carbocycles. The summed E-state index contributed by atoms with van der Waals surface area (Å²) in [5.74, 6) is 0.709. The highest BCUT2D eigenvalue weighted by Crippen LogP contribution is 2.18. The lowest BCUT2D eigenvalue weighted by molar-refractivity contribution is 0.147. The molecule has 7 nitrogen and oxygen atoms in total. The molecular formula is C22H39N5O2S. The third-order valence-corrected chi connectivity index (χ3v) is 6.98. The van der Waals surface area contributed by atoms with Crippen molar-refractivity contribution in [1.82, 2.24) is 20.3 Å². The molecule has 0 spiro atoms. The number of nitrogens with one attached hydrogen (secondary N) is 3. The lowest BCUT2D eigenvalue weighted by Gasteiger charge is -2.35. The van der Waals surface area contributed by atoms with Gasteiger partial charge in [-0.05, 0) is 50.8 Å². The van der Waals surface area contributed by atoms with E-state index in [2.05, 4.69) is 32.2 Å². The van der Waals surface area contributed by atoms with Gasteiger partial charge in [0, 0.05) is 38.8 Å². The molecule has 0 amide bonds. The molecule has 0 radical (unpaired) electrons. The second-order valence-electron chi connectivity index (χ2n) is 8.25. The number of sulfonamides is 1. The molecule has 30 heavy (non-hydrogen) atoms. The van der Waals surface area contributed by atoms with Gasteiger partial charge in [0.1, 0.15) is 0 Å². The monoisotopic (exact) mass is 437 g/mol. The van der Waals surface area contributed by atoms with Gasteiger partial charge in [-0.25, -0.2) is 13.1 Å². The number of hydrogen-bond acceptors (Lipinski definition) is 4. The second kappa shape index (κ2) is 12.3. The van der Waals surface area contributed by atoms with Gasteiger partial charge in [-0.3, -0.25) is 9.89 Å². The Morgan fingerprint density at radius 1 is 1.20 bits per heavy atom. The summed E-state index contributed by atoms with van der Waals surface area (Å²) in [6, 6.07) is 8.22. The standard InChI is InChI=1S/C22H39N5O2S/c1-5-21-12-8-9-14-27(21)15-13-24-22(23-4)25-16-19-10-6-7-11-20(19)17-30(28,29)26-18(2)3/h6-7,10-11,18,21,26H,5,8-9,12-17H2,1-4H3,(H2,23,24,25). The van der Waals surface area contributed by atoms with E-state index in [1.807, 2.05) is 38.1 Å². The first-order chi connectivity index (χ1) is 14.3. The van der Waals surface area contributed by atoms with E-state index in [0.717, 1.165) is 30.2 Å². The van der Waals surface area contributed by atoms with Gasteiger partial charge in [-0.2, -0.15) is 0 Å². The number of piperidine rings is 1. The number of aliphatic imine (C=N–C) groups is 1. The van der Waals surface area contributed by atoms with E-state index in [1.54, 1.807) is 7.05 Å². The molecule has 3 N–H and O–H groups in total. The number of benzene rings is 1. The number of likely N-dealkylation sites (tertiary alicyclic amines) is 1. The van der Waals surface area contributed by atoms with Crippen molar-refractivity contribution < 1.29 is 8.42 Å². The number of nitrogens with zero attached hydrogens (tertiary/aromatic N) is 2. The molecule has 1 heterocycles. The zero-order valence-electron chi connectivity index (χ0n) is 18.9. The second-order valence-corrected chi connectivity index (χ2v) is 10.0. The van der Waals surface area contributed by atoms with E-state index < -0.39 is 10.0 Å². The van der Waals surface area contributed by atoms with Crippen molar-refractivity contribution in [3.05, 3.63) is 35.4 Å². The molecule has 1 aromatic carbocycles. The predicted molar refractivity (Wildman–Crippen MR) is 125 cm³/mol. The molecule has 1 aliphatic rings. The highest BCUT2D eigenvalue weighted by Gasteiger charge is 2.20. The molecule has 1 fully saturated rings. The van der Waals surface area contributed by atoms with E-state index in [9.17, 15) is 8.42 Å². The number of hydrogen-bond donors (Lipinski definition) is 3. The van der Waals surface area contributed by atoms with Gasteiger partial charge in [0.2, 0.25) is 10.0 Å². The average molecular weight is 438 g/mol. The fourth-order valence-corrected chi connectivity index (χ4v) is 5.50. The van der Waals surface area contributed by atoms with Crippen molar-refractivity contribution in [2.45, 2.75) is 70.8 Å². The minimum Gasteiger partial charge on any atom is -0.355 e. The fraction of sp³-hybridized carbons (Fsp3) is 0.682. The Kier molecular flexibility index (Phi) is 10.1. The molecule has 1 saturated heterocycles. The molecule has 1 unspecified atom stereocenters. The molecule has 0 bridgehead atoms. The Balaban J connectivity index is 1.87. The molecule has 2 rings (SSSR count). The summed E-state index contributed by atoms with van der Waals surface area (Å²) in [4.78, 5) is 6.89. The molecule has 1 aliphatic heterocycles. The van der Waals surface area contributed by atoms with E-state index >= 15 is 0 Å². The molecule has 0 aromatic heterocycles. The average Bonchev–Trinajstić information content (AvgIpc) is 2.70. The Morgan fingerprint density at radius 3 is 2.60 bits per heavy atom. The van der Waals surface area contributed by atoms with Crippen LogP contribution >= 0.6 is 0 Å². The summed E-state index contributed by atoms with van der Waals surface area (Å²) in [6.07, 6.45) is 5.13. The van der Waals surface area contributed by atoms with Crippen LogP contribution in [0.1, 0.15) is 57.6 Å².